The van der Waals surface area contributed by atoms with E-state index in [1.807, 2.05) is 13.8 Å². The molecule has 1 aromatic rings. The van der Waals surface area contributed by atoms with Gasteiger partial charge in [-0.15, -0.1) is 0 Å². The van der Waals surface area contributed by atoms with Gasteiger partial charge in [-0.1, -0.05) is 24.9 Å². The Morgan fingerprint density at radius 3 is 2.59 bits per heavy atom. The Kier molecular flexibility index (Phi) is 5.10. The summed E-state index contributed by atoms with van der Waals surface area (Å²) in [7, 11) is 1.48. The molecule has 1 atom stereocenters. The van der Waals surface area contributed by atoms with E-state index in [0.717, 1.165) is 12.8 Å². The summed E-state index contributed by atoms with van der Waals surface area (Å²) in [6, 6.07) is 4.38. The van der Waals surface area contributed by atoms with Crippen LogP contribution in [0.3, 0.4) is 0 Å². The topological polar surface area (TPSA) is 43.4 Å². The van der Waals surface area contributed by atoms with Gasteiger partial charge < -0.3 is 4.74 Å². The van der Waals surface area contributed by atoms with E-state index < -0.39 is 9.05 Å². The van der Waals surface area contributed by atoms with Crippen LogP contribution in [0.2, 0.25) is 5.02 Å². The van der Waals surface area contributed by atoms with E-state index >= 15 is 0 Å². The average molecular weight is 297 g/mol. The first-order chi connectivity index (χ1) is 7.84. The van der Waals surface area contributed by atoms with E-state index in [1.165, 1.54) is 12.1 Å². The third kappa shape index (κ3) is 4.37. The lowest BCUT2D eigenvalue weighted by molar-refractivity contribution is 0.204. The Morgan fingerprint density at radius 1 is 1.41 bits per heavy atom. The predicted octanol–water partition coefficient (Wildman–Crippen LogP) is 3.83. The lowest BCUT2D eigenvalue weighted by Gasteiger charge is -2.15. The summed E-state index contributed by atoms with van der Waals surface area (Å²) in [5.74, 6) is 0.241. The van der Waals surface area contributed by atoms with Gasteiger partial charge in [0.1, 0.15) is 10.6 Å². The first-order valence-corrected chi connectivity index (χ1v) is 7.94. The van der Waals surface area contributed by atoms with Crippen LogP contribution >= 0.6 is 22.3 Å². The molecule has 0 aliphatic heterocycles. The summed E-state index contributed by atoms with van der Waals surface area (Å²) in [4.78, 5) is -0.0883. The van der Waals surface area contributed by atoms with Crippen molar-refractivity contribution in [2.24, 2.45) is 0 Å². The molecule has 1 rings (SSSR count). The number of halogens is 2. The van der Waals surface area contributed by atoms with Crippen molar-refractivity contribution in [1.29, 1.82) is 0 Å². The maximum absolute atomic E-state index is 11.4. The molecule has 0 amide bonds. The summed E-state index contributed by atoms with van der Waals surface area (Å²) in [6.45, 7) is 3.91. The molecule has 6 heteroatoms. The van der Waals surface area contributed by atoms with Crippen molar-refractivity contribution in [3.63, 3.8) is 0 Å². The van der Waals surface area contributed by atoms with Crippen LogP contribution < -0.4 is 4.74 Å². The minimum absolute atomic E-state index is 0.0710. The van der Waals surface area contributed by atoms with Gasteiger partial charge in [-0.3, -0.25) is 0 Å². The number of hydrogen-bond donors (Lipinski definition) is 0. The van der Waals surface area contributed by atoms with E-state index in [2.05, 4.69) is 0 Å². The fourth-order valence-electron chi connectivity index (χ4n) is 1.45. The molecule has 0 bridgehead atoms. The summed E-state index contributed by atoms with van der Waals surface area (Å²) in [5, 5.41) is 0.305. The van der Waals surface area contributed by atoms with Gasteiger partial charge in [0.15, 0.2) is 0 Å². The fourth-order valence-corrected chi connectivity index (χ4v) is 2.67. The molecular weight excluding hydrogens is 283 g/mol. The third-order valence-electron chi connectivity index (χ3n) is 2.19. The van der Waals surface area contributed by atoms with Gasteiger partial charge in [0.05, 0.1) is 6.10 Å². The number of rotatable bonds is 5. The molecule has 0 radical (unpaired) electrons. The van der Waals surface area contributed by atoms with E-state index in [9.17, 15) is 8.42 Å². The van der Waals surface area contributed by atoms with Crippen molar-refractivity contribution in [3.8, 4) is 5.75 Å². The number of ether oxygens (including phenoxy) is 1. The predicted molar refractivity (Wildman–Crippen MR) is 69.5 cm³/mol. The zero-order chi connectivity index (χ0) is 13.1. The zero-order valence-electron chi connectivity index (χ0n) is 9.61. The Hall–Kier alpha value is -0.450. The van der Waals surface area contributed by atoms with E-state index in [0.29, 0.717) is 5.02 Å². The van der Waals surface area contributed by atoms with Gasteiger partial charge >= 0.3 is 0 Å². The maximum Gasteiger partial charge on any atom is 0.265 e. The van der Waals surface area contributed by atoms with Crippen LogP contribution in [0.25, 0.3) is 0 Å². The highest BCUT2D eigenvalue weighted by Crippen LogP contribution is 2.30. The van der Waals surface area contributed by atoms with Crippen LogP contribution in [0.4, 0.5) is 0 Å². The van der Waals surface area contributed by atoms with Gasteiger partial charge in [-0.25, -0.2) is 8.42 Å². The molecule has 0 aliphatic rings. The van der Waals surface area contributed by atoms with Gasteiger partial charge in [0.25, 0.3) is 9.05 Å². The molecule has 17 heavy (non-hydrogen) atoms. The van der Waals surface area contributed by atoms with Gasteiger partial charge in [-0.05, 0) is 31.5 Å². The van der Waals surface area contributed by atoms with Crippen LogP contribution in [0.15, 0.2) is 23.1 Å². The molecule has 0 aliphatic carbocycles. The monoisotopic (exact) mass is 296 g/mol. The molecule has 0 heterocycles. The van der Waals surface area contributed by atoms with Gasteiger partial charge in [0, 0.05) is 15.7 Å². The van der Waals surface area contributed by atoms with Gasteiger partial charge in [0.2, 0.25) is 0 Å². The van der Waals surface area contributed by atoms with Gasteiger partial charge in [-0.2, -0.15) is 0 Å². The maximum atomic E-state index is 11.4. The van der Waals surface area contributed by atoms with Crippen molar-refractivity contribution in [1.82, 2.24) is 0 Å². The molecule has 96 valence electrons. The highest BCUT2D eigenvalue weighted by Gasteiger charge is 2.18. The molecule has 1 aromatic carbocycles. The SMILES string of the molecule is CCCC(C)Oc1ccc(Cl)cc1S(=O)(=O)Cl. The Labute approximate surface area is 111 Å². The lowest BCUT2D eigenvalue weighted by Crippen LogP contribution is -2.12. The molecule has 0 N–H and O–H groups in total. The Bertz CT molecular complexity index is 485. The molecule has 0 fully saturated rings. The van der Waals surface area contributed by atoms with Crippen LogP contribution in [0.1, 0.15) is 26.7 Å². The first-order valence-electron chi connectivity index (χ1n) is 5.25. The Balaban J connectivity index is 3.07. The Morgan fingerprint density at radius 2 is 2.06 bits per heavy atom. The number of benzene rings is 1. The van der Waals surface area contributed by atoms with Crippen molar-refractivity contribution < 1.29 is 13.2 Å². The molecule has 1 unspecified atom stereocenters. The zero-order valence-corrected chi connectivity index (χ0v) is 11.9. The highest BCUT2D eigenvalue weighted by atomic mass is 35.7. The second kappa shape index (κ2) is 5.94. The van der Waals surface area contributed by atoms with Crippen LogP contribution in [-0.2, 0) is 9.05 Å². The smallest absolute Gasteiger partial charge is 0.265 e. The summed E-state index contributed by atoms with van der Waals surface area (Å²) >= 11 is 5.74. The highest BCUT2D eigenvalue weighted by molar-refractivity contribution is 8.13. The summed E-state index contributed by atoms with van der Waals surface area (Å²) < 4.78 is 28.3. The summed E-state index contributed by atoms with van der Waals surface area (Å²) in [5.41, 5.74) is 0. The molecule has 0 saturated carbocycles. The third-order valence-corrected chi connectivity index (χ3v) is 3.77. The molecule has 0 aromatic heterocycles. The number of hydrogen-bond acceptors (Lipinski definition) is 3. The second-order valence-corrected chi connectivity index (χ2v) is 6.72. The minimum Gasteiger partial charge on any atom is -0.489 e. The average Bonchev–Trinajstić information content (AvgIpc) is 2.19. The summed E-state index contributed by atoms with van der Waals surface area (Å²) in [6.07, 6.45) is 1.72. The molecule has 0 saturated heterocycles. The van der Waals surface area contributed by atoms with E-state index in [-0.39, 0.29) is 16.7 Å². The fraction of sp³-hybridized carbons (Fsp3) is 0.455. The minimum atomic E-state index is -3.85. The van der Waals surface area contributed by atoms with Crippen LogP contribution in [0.5, 0.6) is 5.75 Å². The standard InChI is InChI=1S/C11H14Cl2O3S/c1-3-4-8(2)16-10-6-5-9(12)7-11(10)17(13,14)15/h5-8H,3-4H2,1-2H3. The lowest BCUT2D eigenvalue weighted by atomic mass is 10.2. The second-order valence-electron chi connectivity index (χ2n) is 3.75. The normalized spacial score (nSPS) is 13.4. The van der Waals surface area contributed by atoms with Crippen molar-refractivity contribution in [3.05, 3.63) is 23.2 Å². The van der Waals surface area contributed by atoms with Crippen molar-refractivity contribution >= 4 is 31.3 Å². The molecular formula is C11H14Cl2O3S. The van der Waals surface area contributed by atoms with Crippen molar-refractivity contribution in [2.75, 3.05) is 0 Å². The van der Waals surface area contributed by atoms with Crippen molar-refractivity contribution in [2.45, 2.75) is 37.7 Å². The van der Waals surface area contributed by atoms with E-state index in [1.54, 1.807) is 6.07 Å². The quantitative estimate of drug-likeness (QED) is 0.776. The first kappa shape index (κ1) is 14.6. The van der Waals surface area contributed by atoms with Crippen LogP contribution in [-0.4, -0.2) is 14.5 Å². The molecule has 0 spiro atoms. The largest absolute Gasteiger partial charge is 0.489 e. The van der Waals surface area contributed by atoms with E-state index in [4.69, 9.17) is 27.0 Å². The molecule has 3 nitrogen and oxygen atoms in total. The van der Waals surface area contributed by atoms with Crippen LogP contribution in [0, 0.1) is 0 Å².